The summed E-state index contributed by atoms with van der Waals surface area (Å²) in [6.07, 6.45) is 6.54. The molecule has 0 saturated carbocycles. The van der Waals surface area contributed by atoms with Crippen molar-refractivity contribution >= 4 is 11.7 Å². The molecule has 0 atom stereocenters. The zero-order chi connectivity index (χ0) is 17.5. The zero-order valence-corrected chi connectivity index (χ0v) is 13.9. The maximum Gasteiger partial charge on any atom is 0.271 e. The second-order valence-electron chi connectivity index (χ2n) is 5.67. The molecule has 0 spiro atoms. The van der Waals surface area contributed by atoms with Crippen molar-refractivity contribution in [1.82, 2.24) is 20.3 Å². The molecule has 126 valence electrons. The van der Waals surface area contributed by atoms with Crippen LogP contribution in [0, 0.1) is 6.92 Å². The molecule has 0 saturated heterocycles. The average molecular weight is 333 g/mol. The number of carbonyl (C=O) groups excluding carboxylic acids is 1. The van der Waals surface area contributed by atoms with Crippen LogP contribution < -0.4 is 10.6 Å². The van der Waals surface area contributed by atoms with E-state index in [0.717, 1.165) is 16.7 Å². The molecule has 3 aromatic rings. The first-order valence-electron chi connectivity index (χ1n) is 7.99. The first-order valence-corrected chi connectivity index (χ1v) is 7.99. The summed E-state index contributed by atoms with van der Waals surface area (Å²) in [7, 11) is 0. The summed E-state index contributed by atoms with van der Waals surface area (Å²) >= 11 is 0. The summed E-state index contributed by atoms with van der Waals surface area (Å²) in [5.41, 5.74) is 3.55. The third-order valence-electron chi connectivity index (χ3n) is 3.62. The van der Waals surface area contributed by atoms with Crippen LogP contribution in [-0.2, 0) is 13.1 Å². The Kier molecular flexibility index (Phi) is 5.31. The minimum atomic E-state index is -0.243. The van der Waals surface area contributed by atoms with Crippen LogP contribution >= 0.6 is 0 Å². The normalized spacial score (nSPS) is 10.3. The van der Waals surface area contributed by atoms with Gasteiger partial charge in [-0.25, -0.2) is 9.97 Å². The quantitative estimate of drug-likeness (QED) is 0.725. The average Bonchev–Trinajstić information content (AvgIpc) is 2.66. The van der Waals surface area contributed by atoms with Crippen molar-refractivity contribution in [2.24, 2.45) is 0 Å². The standard InChI is InChI=1S/C19H19N5O/c1-14-4-2-5-15(8-14)10-24-19(25)17-12-23-18(13-21-17)22-11-16-6-3-7-20-9-16/h2-9,12-13H,10-11H2,1H3,(H,22,23)(H,24,25). The second-order valence-corrected chi connectivity index (χ2v) is 5.67. The van der Waals surface area contributed by atoms with Gasteiger partial charge in [-0.15, -0.1) is 0 Å². The maximum atomic E-state index is 12.2. The van der Waals surface area contributed by atoms with Crippen molar-refractivity contribution in [2.45, 2.75) is 20.0 Å². The Balaban J connectivity index is 1.53. The number of aryl methyl sites for hydroxylation is 1. The lowest BCUT2D eigenvalue weighted by Crippen LogP contribution is -2.24. The monoisotopic (exact) mass is 333 g/mol. The lowest BCUT2D eigenvalue weighted by molar-refractivity contribution is 0.0945. The smallest absolute Gasteiger partial charge is 0.271 e. The van der Waals surface area contributed by atoms with Gasteiger partial charge in [-0.1, -0.05) is 35.9 Å². The number of anilines is 1. The number of nitrogens with one attached hydrogen (secondary N) is 2. The number of aromatic nitrogens is 3. The Bertz CT molecular complexity index is 834. The molecule has 0 aliphatic carbocycles. The van der Waals surface area contributed by atoms with Gasteiger partial charge in [0.2, 0.25) is 0 Å². The Hall–Kier alpha value is -3.28. The van der Waals surface area contributed by atoms with Gasteiger partial charge in [0.25, 0.3) is 5.91 Å². The fourth-order valence-corrected chi connectivity index (χ4v) is 2.33. The highest BCUT2D eigenvalue weighted by Crippen LogP contribution is 2.06. The molecule has 0 radical (unpaired) electrons. The lowest BCUT2D eigenvalue weighted by Gasteiger charge is -2.07. The highest BCUT2D eigenvalue weighted by molar-refractivity contribution is 5.91. The molecule has 0 fully saturated rings. The molecule has 1 aromatic carbocycles. The van der Waals surface area contributed by atoms with E-state index < -0.39 is 0 Å². The number of pyridine rings is 1. The van der Waals surface area contributed by atoms with E-state index >= 15 is 0 Å². The Morgan fingerprint density at radius 1 is 1.00 bits per heavy atom. The van der Waals surface area contributed by atoms with E-state index in [0.29, 0.717) is 24.6 Å². The van der Waals surface area contributed by atoms with Gasteiger partial charge in [0.05, 0.1) is 12.4 Å². The summed E-state index contributed by atoms with van der Waals surface area (Å²) in [5, 5.41) is 6.00. The largest absolute Gasteiger partial charge is 0.365 e. The number of carbonyl (C=O) groups is 1. The van der Waals surface area contributed by atoms with Gasteiger partial charge in [-0.3, -0.25) is 9.78 Å². The number of amides is 1. The molecule has 25 heavy (non-hydrogen) atoms. The SMILES string of the molecule is Cc1cccc(CNC(=O)c2cnc(NCc3cccnc3)cn2)c1. The molecule has 0 aliphatic heterocycles. The fourth-order valence-electron chi connectivity index (χ4n) is 2.33. The van der Waals surface area contributed by atoms with E-state index in [-0.39, 0.29) is 5.91 Å². The highest BCUT2D eigenvalue weighted by atomic mass is 16.1. The van der Waals surface area contributed by atoms with Crippen LogP contribution in [0.15, 0.2) is 61.2 Å². The van der Waals surface area contributed by atoms with Gasteiger partial charge in [-0.05, 0) is 24.1 Å². The third-order valence-corrected chi connectivity index (χ3v) is 3.62. The molecule has 6 nitrogen and oxygen atoms in total. The van der Waals surface area contributed by atoms with Crippen LogP contribution in [0.3, 0.4) is 0 Å². The molecule has 2 aromatic heterocycles. The molecular formula is C19H19N5O. The molecule has 6 heteroatoms. The first kappa shape index (κ1) is 16.6. The minimum Gasteiger partial charge on any atom is -0.365 e. The topological polar surface area (TPSA) is 79.8 Å². The molecule has 1 amide bonds. The maximum absolute atomic E-state index is 12.2. The van der Waals surface area contributed by atoms with E-state index in [2.05, 4.69) is 25.6 Å². The molecule has 0 aliphatic rings. The van der Waals surface area contributed by atoms with E-state index in [9.17, 15) is 4.79 Å². The number of rotatable bonds is 6. The van der Waals surface area contributed by atoms with Crippen LogP contribution in [0.5, 0.6) is 0 Å². The van der Waals surface area contributed by atoms with Crippen molar-refractivity contribution in [3.8, 4) is 0 Å². The van der Waals surface area contributed by atoms with Gasteiger partial charge in [0.15, 0.2) is 0 Å². The Morgan fingerprint density at radius 2 is 1.88 bits per heavy atom. The number of benzene rings is 1. The van der Waals surface area contributed by atoms with Gasteiger partial charge in [0.1, 0.15) is 11.5 Å². The summed E-state index contributed by atoms with van der Waals surface area (Å²) in [6.45, 7) is 3.08. The molecule has 2 heterocycles. The molecule has 3 rings (SSSR count). The van der Waals surface area contributed by atoms with E-state index in [1.165, 1.54) is 6.20 Å². The predicted octanol–water partition coefficient (Wildman–Crippen LogP) is 2.72. The zero-order valence-electron chi connectivity index (χ0n) is 13.9. The molecule has 0 bridgehead atoms. The second kappa shape index (κ2) is 8.01. The predicted molar refractivity (Wildman–Crippen MR) is 95.9 cm³/mol. The third kappa shape index (κ3) is 4.84. The molecule has 2 N–H and O–H groups in total. The van der Waals surface area contributed by atoms with Gasteiger partial charge in [0, 0.05) is 25.5 Å². The van der Waals surface area contributed by atoms with Crippen LogP contribution in [0.4, 0.5) is 5.82 Å². The number of hydrogen-bond donors (Lipinski definition) is 2. The summed E-state index contributed by atoms with van der Waals surface area (Å²) < 4.78 is 0. The van der Waals surface area contributed by atoms with E-state index in [4.69, 9.17) is 0 Å². The van der Waals surface area contributed by atoms with Crippen LogP contribution in [0.2, 0.25) is 0 Å². The summed E-state index contributed by atoms with van der Waals surface area (Å²) in [5.74, 6) is 0.368. The minimum absolute atomic E-state index is 0.243. The first-order chi connectivity index (χ1) is 12.2. The Labute approximate surface area is 146 Å². The van der Waals surface area contributed by atoms with Crippen molar-refractivity contribution in [2.75, 3.05) is 5.32 Å². The lowest BCUT2D eigenvalue weighted by atomic mass is 10.1. The van der Waals surface area contributed by atoms with Crippen molar-refractivity contribution in [1.29, 1.82) is 0 Å². The van der Waals surface area contributed by atoms with E-state index in [1.807, 2.05) is 43.3 Å². The van der Waals surface area contributed by atoms with Gasteiger partial charge >= 0.3 is 0 Å². The number of hydrogen-bond acceptors (Lipinski definition) is 5. The number of nitrogens with zero attached hydrogens (tertiary/aromatic N) is 3. The van der Waals surface area contributed by atoms with Crippen LogP contribution in [0.1, 0.15) is 27.2 Å². The molecular weight excluding hydrogens is 314 g/mol. The Morgan fingerprint density at radius 3 is 2.60 bits per heavy atom. The van der Waals surface area contributed by atoms with Crippen molar-refractivity contribution < 1.29 is 4.79 Å². The van der Waals surface area contributed by atoms with Crippen LogP contribution in [0.25, 0.3) is 0 Å². The highest BCUT2D eigenvalue weighted by Gasteiger charge is 2.08. The van der Waals surface area contributed by atoms with Crippen molar-refractivity contribution in [3.05, 3.63) is 83.6 Å². The summed E-state index contributed by atoms with van der Waals surface area (Å²) in [4.78, 5) is 24.6. The van der Waals surface area contributed by atoms with E-state index in [1.54, 1.807) is 18.6 Å². The van der Waals surface area contributed by atoms with Crippen LogP contribution in [-0.4, -0.2) is 20.9 Å². The van der Waals surface area contributed by atoms with Crippen molar-refractivity contribution in [3.63, 3.8) is 0 Å². The molecule has 0 unspecified atom stereocenters. The van der Waals surface area contributed by atoms with Gasteiger partial charge < -0.3 is 10.6 Å². The summed E-state index contributed by atoms with van der Waals surface area (Å²) in [6, 6.07) is 11.9. The fraction of sp³-hybridized carbons (Fsp3) is 0.158. The van der Waals surface area contributed by atoms with Gasteiger partial charge in [-0.2, -0.15) is 0 Å².